The van der Waals surface area contributed by atoms with Gasteiger partial charge in [-0.25, -0.2) is 0 Å². The van der Waals surface area contributed by atoms with Crippen LogP contribution in [0.15, 0.2) is 35.3 Å². The van der Waals surface area contributed by atoms with Gasteiger partial charge in [-0.3, -0.25) is 4.99 Å². The van der Waals surface area contributed by atoms with E-state index in [4.69, 9.17) is 10.5 Å². The van der Waals surface area contributed by atoms with Gasteiger partial charge in [0.25, 0.3) is 0 Å². The van der Waals surface area contributed by atoms with Crippen molar-refractivity contribution >= 4 is 5.96 Å². The highest BCUT2D eigenvalue weighted by atomic mass is 16.5. The van der Waals surface area contributed by atoms with Crippen LogP contribution >= 0.6 is 0 Å². The second-order valence-corrected chi connectivity index (χ2v) is 4.44. The third kappa shape index (κ3) is 8.21. The zero-order chi connectivity index (χ0) is 13.8. The SMILES string of the molecule is CCCN=C(N)NCCCCOCc1ccccc1. The first-order valence-corrected chi connectivity index (χ1v) is 6.98. The fraction of sp³-hybridized carbons (Fsp3) is 0.533. The smallest absolute Gasteiger partial charge is 0.188 e. The third-order valence-corrected chi connectivity index (χ3v) is 2.64. The zero-order valence-corrected chi connectivity index (χ0v) is 11.8. The summed E-state index contributed by atoms with van der Waals surface area (Å²) in [5.74, 6) is 0.548. The summed E-state index contributed by atoms with van der Waals surface area (Å²) >= 11 is 0. The van der Waals surface area contributed by atoms with Crippen molar-refractivity contribution < 1.29 is 4.74 Å². The van der Waals surface area contributed by atoms with Crippen molar-refractivity contribution in [1.82, 2.24) is 5.32 Å². The first-order chi connectivity index (χ1) is 9.33. The molecule has 0 aromatic heterocycles. The van der Waals surface area contributed by atoms with Gasteiger partial charge in [-0.2, -0.15) is 0 Å². The Bertz CT molecular complexity index is 352. The van der Waals surface area contributed by atoms with Crippen LogP contribution in [0, 0.1) is 0 Å². The lowest BCUT2D eigenvalue weighted by atomic mass is 10.2. The first kappa shape index (κ1) is 15.5. The van der Waals surface area contributed by atoms with Gasteiger partial charge in [0.2, 0.25) is 0 Å². The minimum absolute atomic E-state index is 0.548. The number of aliphatic imine (C=N–C) groups is 1. The minimum atomic E-state index is 0.548. The first-order valence-electron chi connectivity index (χ1n) is 6.98. The van der Waals surface area contributed by atoms with Crippen LogP contribution in [0.3, 0.4) is 0 Å². The Balaban J connectivity index is 1.94. The van der Waals surface area contributed by atoms with E-state index in [1.54, 1.807) is 0 Å². The molecule has 0 heterocycles. The van der Waals surface area contributed by atoms with Crippen LogP contribution in [-0.4, -0.2) is 25.7 Å². The summed E-state index contributed by atoms with van der Waals surface area (Å²) in [6, 6.07) is 10.2. The van der Waals surface area contributed by atoms with E-state index in [0.717, 1.165) is 39.0 Å². The van der Waals surface area contributed by atoms with Crippen LogP contribution in [0.2, 0.25) is 0 Å². The number of hydrogen-bond acceptors (Lipinski definition) is 2. The Hall–Kier alpha value is -1.55. The molecule has 19 heavy (non-hydrogen) atoms. The predicted octanol–water partition coefficient (Wildman–Crippen LogP) is 2.30. The molecule has 1 aromatic carbocycles. The highest BCUT2D eigenvalue weighted by molar-refractivity contribution is 5.77. The van der Waals surface area contributed by atoms with Gasteiger partial charge in [0.05, 0.1) is 6.61 Å². The molecule has 4 nitrogen and oxygen atoms in total. The average Bonchev–Trinajstić information content (AvgIpc) is 2.45. The maximum absolute atomic E-state index is 5.68. The van der Waals surface area contributed by atoms with E-state index in [1.165, 1.54) is 5.56 Å². The molecule has 0 saturated carbocycles. The molecule has 0 radical (unpaired) electrons. The van der Waals surface area contributed by atoms with E-state index in [-0.39, 0.29) is 0 Å². The molecule has 1 rings (SSSR count). The van der Waals surface area contributed by atoms with E-state index >= 15 is 0 Å². The largest absolute Gasteiger partial charge is 0.377 e. The molecule has 1 aromatic rings. The van der Waals surface area contributed by atoms with Crippen molar-refractivity contribution in [2.45, 2.75) is 32.8 Å². The lowest BCUT2D eigenvalue weighted by Crippen LogP contribution is -2.32. The van der Waals surface area contributed by atoms with Gasteiger partial charge >= 0.3 is 0 Å². The van der Waals surface area contributed by atoms with Crippen LogP contribution < -0.4 is 11.1 Å². The number of benzene rings is 1. The Morgan fingerprint density at radius 3 is 2.79 bits per heavy atom. The summed E-state index contributed by atoms with van der Waals surface area (Å²) in [7, 11) is 0. The van der Waals surface area contributed by atoms with Crippen molar-refractivity contribution in [2.24, 2.45) is 10.7 Å². The van der Waals surface area contributed by atoms with Crippen LogP contribution in [0.5, 0.6) is 0 Å². The number of guanidine groups is 1. The Morgan fingerprint density at radius 1 is 1.26 bits per heavy atom. The third-order valence-electron chi connectivity index (χ3n) is 2.64. The fourth-order valence-electron chi connectivity index (χ4n) is 1.60. The maximum atomic E-state index is 5.68. The van der Waals surface area contributed by atoms with Gasteiger partial charge in [0, 0.05) is 19.7 Å². The quantitative estimate of drug-likeness (QED) is 0.408. The van der Waals surface area contributed by atoms with Crippen molar-refractivity contribution in [1.29, 1.82) is 0 Å². The molecule has 0 spiro atoms. The summed E-state index contributed by atoms with van der Waals surface area (Å²) in [4.78, 5) is 4.17. The van der Waals surface area contributed by atoms with Gasteiger partial charge in [-0.15, -0.1) is 0 Å². The summed E-state index contributed by atoms with van der Waals surface area (Å²) in [6.45, 7) is 5.20. The Morgan fingerprint density at radius 2 is 2.05 bits per heavy atom. The maximum Gasteiger partial charge on any atom is 0.188 e. The van der Waals surface area contributed by atoms with Crippen LogP contribution in [0.25, 0.3) is 0 Å². The van der Waals surface area contributed by atoms with Gasteiger partial charge < -0.3 is 15.8 Å². The van der Waals surface area contributed by atoms with E-state index in [0.29, 0.717) is 12.6 Å². The van der Waals surface area contributed by atoms with Crippen LogP contribution in [0.1, 0.15) is 31.7 Å². The predicted molar refractivity (Wildman–Crippen MR) is 80.1 cm³/mol. The van der Waals surface area contributed by atoms with Crippen LogP contribution in [-0.2, 0) is 11.3 Å². The van der Waals surface area contributed by atoms with E-state index in [1.807, 2.05) is 18.2 Å². The molecule has 0 aliphatic heterocycles. The number of unbranched alkanes of at least 4 members (excludes halogenated alkanes) is 1. The number of nitrogens with one attached hydrogen (secondary N) is 1. The van der Waals surface area contributed by atoms with Crippen LogP contribution in [0.4, 0.5) is 0 Å². The average molecular weight is 263 g/mol. The number of nitrogens with two attached hydrogens (primary N) is 1. The summed E-state index contributed by atoms with van der Waals surface area (Å²) < 4.78 is 5.60. The van der Waals surface area contributed by atoms with Crippen molar-refractivity contribution in [3.8, 4) is 0 Å². The topological polar surface area (TPSA) is 59.6 Å². The number of nitrogens with zero attached hydrogens (tertiary/aromatic N) is 1. The molecule has 0 unspecified atom stereocenters. The molecule has 0 bridgehead atoms. The monoisotopic (exact) mass is 263 g/mol. The van der Waals surface area contributed by atoms with Gasteiger partial charge in [0.1, 0.15) is 0 Å². The lowest BCUT2D eigenvalue weighted by Gasteiger charge is -2.06. The fourth-order valence-corrected chi connectivity index (χ4v) is 1.60. The van der Waals surface area contributed by atoms with Gasteiger partial charge in [-0.1, -0.05) is 37.3 Å². The minimum Gasteiger partial charge on any atom is -0.377 e. The molecule has 0 saturated heterocycles. The molecule has 3 N–H and O–H groups in total. The Labute approximate surface area is 116 Å². The highest BCUT2D eigenvalue weighted by Crippen LogP contribution is 2.01. The summed E-state index contributed by atoms with van der Waals surface area (Å²) in [6.07, 6.45) is 3.09. The van der Waals surface area contributed by atoms with Gasteiger partial charge in [0.15, 0.2) is 5.96 Å². The summed E-state index contributed by atoms with van der Waals surface area (Å²) in [5, 5.41) is 3.10. The normalized spacial score (nSPS) is 11.5. The number of ether oxygens (including phenoxy) is 1. The van der Waals surface area contributed by atoms with E-state index in [9.17, 15) is 0 Å². The van der Waals surface area contributed by atoms with E-state index in [2.05, 4.69) is 29.4 Å². The molecule has 4 heteroatoms. The number of rotatable bonds is 9. The number of hydrogen-bond donors (Lipinski definition) is 2. The molecule has 106 valence electrons. The second-order valence-electron chi connectivity index (χ2n) is 4.44. The molecule has 0 fully saturated rings. The van der Waals surface area contributed by atoms with Gasteiger partial charge in [-0.05, 0) is 24.8 Å². The molecular formula is C15H25N3O. The van der Waals surface area contributed by atoms with Crippen molar-refractivity contribution in [2.75, 3.05) is 19.7 Å². The highest BCUT2D eigenvalue weighted by Gasteiger charge is 1.94. The lowest BCUT2D eigenvalue weighted by molar-refractivity contribution is 0.117. The second kappa shape index (κ2) is 10.4. The molecule has 0 aliphatic carbocycles. The molecule has 0 atom stereocenters. The zero-order valence-electron chi connectivity index (χ0n) is 11.8. The Kier molecular flexibility index (Phi) is 8.47. The van der Waals surface area contributed by atoms with E-state index < -0.39 is 0 Å². The molecule has 0 amide bonds. The molecule has 0 aliphatic rings. The van der Waals surface area contributed by atoms with Crippen molar-refractivity contribution in [3.63, 3.8) is 0 Å². The van der Waals surface area contributed by atoms with Crippen molar-refractivity contribution in [3.05, 3.63) is 35.9 Å². The standard InChI is InChI=1S/C15H25N3O/c1-2-10-17-15(16)18-11-6-7-12-19-13-14-8-4-3-5-9-14/h3-5,8-9H,2,6-7,10-13H2,1H3,(H3,16,17,18). The summed E-state index contributed by atoms with van der Waals surface area (Å²) in [5.41, 5.74) is 6.90. The molecular weight excluding hydrogens is 238 g/mol.